The van der Waals surface area contributed by atoms with Crippen LogP contribution in [0.25, 0.3) is 10.9 Å². The fourth-order valence-electron chi connectivity index (χ4n) is 2.99. The van der Waals surface area contributed by atoms with E-state index in [1.54, 1.807) is 0 Å². The van der Waals surface area contributed by atoms with Gasteiger partial charge in [0.25, 0.3) is 5.56 Å². The quantitative estimate of drug-likeness (QED) is 0.937. The fraction of sp³-hybridized carbons (Fsp3) is 0.375. The second-order valence-electron chi connectivity index (χ2n) is 5.57. The lowest BCUT2D eigenvalue weighted by molar-refractivity contribution is 0.0696. The molecule has 1 N–H and O–H groups in total. The maximum atomic E-state index is 14.3. The summed E-state index contributed by atoms with van der Waals surface area (Å²) in [5.74, 6) is -1.86. The minimum Gasteiger partial charge on any atom is -0.478 e. The number of halogens is 1. The molecule has 0 bridgehead atoms. The van der Waals surface area contributed by atoms with E-state index in [1.165, 1.54) is 22.8 Å². The lowest BCUT2D eigenvalue weighted by atomic mass is 10.1. The van der Waals surface area contributed by atoms with Gasteiger partial charge < -0.3 is 14.6 Å². The first-order valence-electron chi connectivity index (χ1n) is 7.35. The smallest absolute Gasteiger partial charge is 0.335 e. The minimum atomic E-state index is -1.18. The van der Waals surface area contributed by atoms with Crippen molar-refractivity contribution in [3.63, 3.8) is 0 Å². The van der Waals surface area contributed by atoms with Crippen LogP contribution < -0.4 is 5.56 Å². The summed E-state index contributed by atoms with van der Waals surface area (Å²) in [7, 11) is 0. The summed E-state index contributed by atoms with van der Waals surface area (Å²) in [5.41, 5.74) is -0.208. The van der Waals surface area contributed by atoms with Gasteiger partial charge in [-0.05, 0) is 44.1 Å². The van der Waals surface area contributed by atoms with Gasteiger partial charge in [-0.3, -0.25) is 4.79 Å². The molecule has 2 heterocycles. The van der Waals surface area contributed by atoms with Crippen molar-refractivity contribution in [1.29, 1.82) is 0 Å². The van der Waals surface area contributed by atoms with Gasteiger partial charge in [0.2, 0.25) is 0 Å². The molecular weight excluding hydrogens is 287 g/mol. The van der Waals surface area contributed by atoms with Crippen molar-refractivity contribution < 1.29 is 14.3 Å². The fourth-order valence-corrected chi connectivity index (χ4v) is 2.99. The van der Waals surface area contributed by atoms with Crippen LogP contribution in [0.15, 0.2) is 29.1 Å². The number of benzene rings is 1. The number of hydrogen-bond donors (Lipinski definition) is 1. The number of fused-ring (bicyclic) bond motifs is 1. The molecule has 5 nitrogen and oxygen atoms in total. The molecule has 3 rings (SSSR count). The highest BCUT2D eigenvalue weighted by atomic mass is 19.1. The second-order valence-corrected chi connectivity index (χ2v) is 5.57. The maximum absolute atomic E-state index is 14.3. The summed E-state index contributed by atoms with van der Waals surface area (Å²) in [6.45, 7) is 3.11. The van der Waals surface area contributed by atoms with Gasteiger partial charge in [0.15, 0.2) is 0 Å². The molecule has 6 heteroatoms. The number of rotatable bonds is 4. The minimum absolute atomic E-state index is 0.116. The van der Waals surface area contributed by atoms with Gasteiger partial charge in [0, 0.05) is 24.5 Å². The molecule has 0 saturated carbocycles. The highest BCUT2D eigenvalue weighted by Crippen LogP contribution is 2.19. The average Bonchev–Trinajstić information content (AvgIpc) is 2.99. The van der Waals surface area contributed by atoms with E-state index in [1.807, 2.05) is 0 Å². The molecule has 1 aliphatic rings. The number of hydrogen-bond acceptors (Lipinski definition) is 3. The molecule has 2 aromatic rings. The zero-order valence-corrected chi connectivity index (χ0v) is 12.1. The number of likely N-dealkylation sites (tertiary alicyclic amines) is 1. The molecule has 1 fully saturated rings. The van der Waals surface area contributed by atoms with E-state index >= 15 is 0 Å². The molecule has 1 saturated heterocycles. The third kappa shape index (κ3) is 2.74. The molecule has 1 aromatic carbocycles. The molecule has 0 amide bonds. The van der Waals surface area contributed by atoms with Gasteiger partial charge in [-0.1, -0.05) is 0 Å². The zero-order chi connectivity index (χ0) is 15.7. The number of carbonyl (C=O) groups is 1. The first-order valence-corrected chi connectivity index (χ1v) is 7.35. The Morgan fingerprint density at radius 1 is 1.18 bits per heavy atom. The van der Waals surface area contributed by atoms with E-state index in [-0.39, 0.29) is 16.6 Å². The summed E-state index contributed by atoms with van der Waals surface area (Å²) >= 11 is 0. The number of pyridine rings is 1. The largest absolute Gasteiger partial charge is 0.478 e. The van der Waals surface area contributed by atoms with E-state index in [2.05, 4.69) is 4.90 Å². The molecule has 0 spiro atoms. The molecule has 116 valence electrons. The van der Waals surface area contributed by atoms with Crippen LogP contribution in [0.2, 0.25) is 0 Å². The van der Waals surface area contributed by atoms with Crippen LogP contribution >= 0.6 is 0 Å². The summed E-state index contributed by atoms with van der Waals surface area (Å²) < 4.78 is 15.7. The average molecular weight is 304 g/mol. The van der Waals surface area contributed by atoms with Crippen molar-refractivity contribution in [3.05, 3.63) is 46.0 Å². The monoisotopic (exact) mass is 304 g/mol. The highest BCUT2D eigenvalue weighted by Gasteiger charge is 2.15. The van der Waals surface area contributed by atoms with Crippen molar-refractivity contribution in [1.82, 2.24) is 9.47 Å². The van der Waals surface area contributed by atoms with Crippen LogP contribution in [-0.2, 0) is 6.54 Å². The Hall–Kier alpha value is -2.21. The van der Waals surface area contributed by atoms with Crippen molar-refractivity contribution in [2.75, 3.05) is 19.6 Å². The van der Waals surface area contributed by atoms with Gasteiger partial charge in [0.1, 0.15) is 5.82 Å². The van der Waals surface area contributed by atoms with Gasteiger partial charge in [-0.2, -0.15) is 0 Å². The standard InChI is InChI=1S/C16H17FN2O3/c17-13-10-12(16(21)22)9-11-3-4-14(20)19(15(11)13)8-7-18-5-1-2-6-18/h3-4,9-10H,1-2,5-8H2,(H,21,22). The predicted molar refractivity (Wildman–Crippen MR) is 80.8 cm³/mol. The molecule has 1 aromatic heterocycles. The van der Waals surface area contributed by atoms with E-state index in [4.69, 9.17) is 5.11 Å². The number of nitrogens with zero attached hydrogens (tertiary/aromatic N) is 2. The predicted octanol–water partition coefficient (Wildman–Crippen LogP) is 1.93. The van der Waals surface area contributed by atoms with Crippen LogP contribution in [0.4, 0.5) is 4.39 Å². The third-order valence-corrected chi connectivity index (χ3v) is 4.12. The van der Waals surface area contributed by atoms with Gasteiger partial charge >= 0.3 is 5.97 Å². The first kappa shape index (κ1) is 14.7. The number of carboxylic acids is 1. The summed E-state index contributed by atoms with van der Waals surface area (Å²) in [6, 6.07) is 5.19. The van der Waals surface area contributed by atoms with Crippen molar-refractivity contribution in [3.8, 4) is 0 Å². The van der Waals surface area contributed by atoms with Crippen LogP contribution in [0.5, 0.6) is 0 Å². The van der Waals surface area contributed by atoms with Gasteiger partial charge in [0.05, 0.1) is 11.1 Å². The van der Waals surface area contributed by atoms with Gasteiger partial charge in [-0.25, -0.2) is 9.18 Å². The summed E-state index contributed by atoms with van der Waals surface area (Å²) in [4.78, 5) is 25.3. The Bertz CT molecular complexity index is 779. The third-order valence-electron chi connectivity index (χ3n) is 4.12. The van der Waals surface area contributed by atoms with E-state index in [0.717, 1.165) is 32.0 Å². The topological polar surface area (TPSA) is 62.5 Å². The van der Waals surface area contributed by atoms with Crippen molar-refractivity contribution in [2.24, 2.45) is 0 Å². The summed E-state index contributed by atoms with van der Waals surface area (Å²) in [6.07, 6.45) is 2.31. The second kappa shape index (κ2) is 5.88. The van der Waals surface area contributed by atoms with Crippen molar-refractivity contribution >= 4 is 16.9 Å². The number of carboxylic acid groups (broad SMARTS) is 1. The van der Waals surface area contributed by atoms with E-state index < -0.39 is 11.8 Å². The molecule has 22 heavy (non-hydrogen) atoms. The number of aromatic carboxylic acids is 1. The Morgan fingerprint density at radius 2 is 1.91 bits per heavy atom. The van der Waals surface area contributed by atoms with Gasteiger partial charge in [-0.15, -0.1) is 0 Å². The van der Waals surface area contributed by atoms with E-state index in [0.29, 0.717) is 18.5 Å². The molecule has 0 atom stereocenters. The lowest BCUT2D eigenvalue weighted by Gasteiger charge is -2.17. The van der Waals surface area contributed by atoms with Crippen LogP contribution in [0.3, 0.4) is 0 Å². The molecular formula is C16H17FN2O3. The molecule has 0 unspecified atom stereocenters. The zero-order valence-electron chi connectivity index (χ0n) is 12.1. The van der Waals surface area contributed by atoms with E-state index in [9.17, 15) is 14.0 Å². The molecule has 0 aliphatic carbocycles. The Morgan fingerprint density at radius 3 is 2.59 bits per heavy atom. The normalized spacial score (nSPS) is 15.5. The molecule has 0 radical (unpaired) electrons. The SMILES string of the molecule is O=C(O)c1cc(F)c2c(ccc(=O)n2CCN2CCCC2)c1. The Labute approximate surface area is 126 Å². The van der Waals surface area contributed by atoms with Crippen LogP contribution in [0, 0.1) is 5.82 Å². The summed E-state index contributed by atoms with van der Waals surface area (Å²) in [5, 5.41) is 9.43. The highest BCUT2D eigenvalue weighted by molar-refractivity contribution is 5.93. The lowest BCUT2D eigenvalue weighted by Crippen LogP contribution is -2.29. The molecule has 1 aliphatic heterocycles. The van der Waals surface area contributed by atoms with Crippen LogP contribution in [-0.4, -0.2) is 40.2 Å². The Balaban J connectivity index is 2.02. The van der Waals surface area contributed by atoms with Crippen LogP contribution in [0.1, 0.15) is 23.2 Å². The van der Waals surface area contributed by atoms with Crippen molar-refractivity contribution in [2.45, 2.75) is 19.4 Å². The number of aromatic nitrogens is 1. The Kier molecular flexibility index (Phi) is 3.94. The first-order chi connectivity index (χ1) is 10.6. The maximum Gasteiger partial charge on any atom is 0.335 e.